The lowest BCUT2D eigenvalue weighted by atomic mass is 10.2. The maximum atomic E-state index is 12.7. The van der Waals surface area contributed by atoms with Crippen LogP contribution in [0.2, 0.25) is 0 Å². The molecule has 0 bridgehead atoms. The molecule has 4 rings (SSSR count). The van der Waals surface area contributed by atoms with E-state index in [-0.39, 0.29) is 5.91 Å². The van der Waals surface area contributed by atoms with Gasteiger partial charge in [0, 0.05) is 41.5 Å². The minimum Gasteiger partial charge on any atom is -0.337 e. The maximum Gasteiger partial charge on any atom is 0.253 e. The highest BCUT2D eigenvalue weighted by molar-refractivity contribution is 7.99. The van der Waals surface area contributed by atoms with Gasteiger partial charge in [0.25, 0.3) is 5.91 Å². The molecule has 2 aromatic heterocycles. The second-order valence-electron chi connectivity index (χ2n) is 6.04. The number of rotatable bonds is 2. The highest BCUT2D eigenvalue weighted by Gasteiger charge is 2.19. The Labute approximate surface area is 149 Å². The summed E-state index contributed by atoms with van der Waals surface area (Å²) >= 11 is 3.55. The molecule has 0 atom stereocenters. The second kappa shape index (κ2) is 6.26. The molecule has 3 heterocycles. The third-order valence-corrected chi connectivity index (χ3v) is 6.33. The number of carbonyl (C=O) groups excluding carboxylic acids is 1. The summed E-state index contributed by atoms with van der Waals surface area (Å²) in [6.07, 6.45) is 0. The van der Waals surface area contributed by atoms with Crippen molar-refractivity contribution in [2.24, 2.45) is 0 Å². The molecule has 1 fully saturated rings. The van der Waals surface area contributed by atoms with Gasteiger partial charge in [-0.3, -0.25) is 9.36 Å². The molecule has 0 spiro atoms. The molecule has 3 aromatic rings. The molecule has 0 saturated carbocycles. The number of amides is 1. The fourth-order valence-corrected chi connectivity index (χ4v) is 5.09. The number of carbonyl (C=O) groups is 1. The van der Waals surface area contributed by atoms with Gasteiger partial charge in [0.15, 0.2) is 5.13 Å². The smallest absolute Gasteiger partial charge is 0.253 e. The van der Waals surface area contributed by atoms with E-state index in [0.29, 0.717) is 0 Å². The van der Waals surface area contributed by atoms with Gasteiger partial charge in [-0.1, -0.05) is 11.3 Å². The molecule has 0 radical (unpaired) electrons. The van der Waals surface area contributed by atoms with Gasteiger partial charge in [-0.25, -0.2) is 4.98 Å². The predicted octanol–water partition coefficient (Wildman–Crippen LogP) is 3.89. The Morgan fingerprint density at radius 3 is 2.50 bits per heavy atom. The first kappa shape index (κ1) is 15.7. The van der Waals surface area contributed by atoms with E-state index in [4.69, 9.17) is 4.98 Å². The van der Waals surface area contributed by atoms with Gasteiger partial charge in [-0.05, 0) is 44.2 Å². The zero-order chi connectivity index (χ0) is 16.7. The summed E-state index contributed by atoms with van der Waals surface area (Å²) in [5, 5.41) is 0.962. The predicted molar refractivity (Wildman–Crippen MR) is 102 cm³/mol. The number of thiazole rings is 1. The van der Waals surface area contributed by atoms with E-state index in [2.05, 4.69) is 30.5 Å². The van der Waals surface area contributed by atoms with Crippen molar-refractivity contribution in [3.05, 3.63) is 47.3 Å². The van der Waals surface area contributed by atoms with E-state index >= 15 is 0 Å². The highest BCUT2D eigenvalue weighted by Crippen LogP contribution is 2.28. The van der Waals surface area contributed by atoms with Crippen LogP contribution in [0.3, 0.4) is 0 Å². The third kappa shape index (κ3) is 2.74. The van der Waals surface area contributed by atoms with Crippen LogP contribution >= 0.6 is 23.1 Å². The van der Waals surface area contributed by atoms with Crippen molar-refractivity contribution in [3.63, 3.8) is 0 Å². The molecular weight excluding hydrogens is 338 g/mol. The molecule has 1 amide bonds. The van der Waals surface area contributed by atoms with Crippen molar-refractivity contribution in [2.45, 2.75) is 13.8 Å². The Balaban J connectivity index is 1.70. The lowest BCUT2D eigenvalue weighted by Gasteiger charge is -2.26. The van der Waals surface area contributed by atoms with Crippen LogP contribution < -0.4 is 0 Å². The largest absolute Gasteiger partial charge is 0.337 e. The van der Waals surface area contributed by atoms with Crippen molar-refractivity contribution < 1.29 is 4.79 Å². The van der Waals surface area contributed by atoms with Gasteiger partial charge in [-0.2, -0.15) is 11.8 Å². The number of thioether (sulfide) groups is 1. The van der Waals surface area contributed by atoms with E-state index in [1.807, 2.05) is 34.9 Å². The quantitative estimate of drug-likeness (QED) is 0.698. The monoisotopic (exact) mass is 357 g/mol. The molecule has 0 aliphatic carbocycles. The first-order valence-corrected chi connectivity index (χ1v) is 10.0. The van der Waals surface area contributed by atoms with Crippen LogP contribution in [-0.4, -0.2) is 45.0 Å². The van der Waals surface area contributed by atoms with Crippen molar-refractivity contribution in [3.8, 4) is 5.13 Å². The van der Waals surface area contributed by atoms with Crippen molar-refractivity contribution in [1.82, 2.24) is 14.5 Å². The van der Waals surface area contributed by atoms with Crippen molar-refractivity contribution in [2.75, 3.05) is 24.6 Å². The number of aryl methyl sites for hydroxylation is 2. The average Bonchev–Trinajstić information content (AvgIpc) is 3.16. The normalized spacial score (nSPS) is 15.2. The fourth-order valence-electron chi connectivity index (χ4n) is 3.06. The molecule has 0 N–H and O–H groups in total. The topological polar surface area (TPSA) is 38.1 Å². The van der Waals surface area contributed by atoms with Crippen LogP contribution in [0.1, 0.15) is 21.7 Å². The Kier molecular flexibility index (Phi) is 4.10. The Hall–Kier alpha value is -1.79. The van der Waals surface area contributed by atoms with Gasteiger partial charge >= 0.3 is 0 Å². The maximum absolute atomic E-state index is 12.7. The van der Waals surface area contributed by atoms with Crippen LogP contribution in [0, 0.1) is 13.8 Å². The molecule has 1 aliphatic heterocycles. The molecule has 6 heteroatoms. The van der Waals surface area contributed by atoms with Crippen molar-refractivity contribution >= 4 is 39.2 Å². The van der Waals surface area contributed by atoms with Crippen LogP contribution in [0.25, 0.3) is 15.3 Å². The minimum absolute atomic E-state index is 0.139. The van der Waals surface area contributed by atoms with Gasteiger partial charge in [0.1, 0.15) is 0 Å². The van der Waals surface area contributed by atoms with Gasteiger partial charge in [-0.15, -0.1) is 0 Å². The molecule has 0 unspecified atom stereocenters. The highest BCUT2D eigenvalue weighted by atomic mass is 32.2. The van der Waals surface area contributed by atoms with Gasteiger partial charge in [0.05, 0.1) is 10.2 Å². The number of fused-ring (bicyclic) bond motifs is 1. The molecule has 4 nitrogen and oxygen atoms in total. The summed E-state index contributed by atoms with van der Waals surface area (Å²) in [7, 11) is 0. The zero-order valence-electron chi connectivity index (χ0n) is 13.8. The minimum atomic E-state index is 0.139. The number of nitrogens with zero attached hydrogens (tertiary/aromatic N) is 3. The van der Waals surface area contributed by atoms with Crippen LogP contribution in [-0.2, 0) is 0 Å². The number of hydrogen-bond donors (Lipinski definition) is 0. The van der Waals surface area contributed by atoms with E-state index in [1.165, 1.54) is 11.4 Å². The average molecular weight is 358 g/mol. The summed E-state index contributed by atoms with van der Waals surface area (Å²) < 4.78 is 3.23. The molecule has 124 valence electrons. The lowest BCUT2D eigenvalue weighted by molar-refractivity contribution is 0.0772. The third-order valence-electron chi connectivity index (χ3n) is 4.38. The molecule has 1 aliphatic rings. The fraction of sp³-hybridized carbons (Fsp3) is 0.333. The lowest BCUT2D eigenvalue weighted by Crippen LogP contribution is -2.37. The van der Waals surface area contributed by atoms with Crippen LogP contribution in [0.4, 0.5) is 0 Å². The van der Waals surface area contributed by atoms with Crippen LogP contribution in [0.5, 0.6) is 0 Å². The summed E-state index contributed by atoms with van der Waals surface area (Å²) in [5.74, 6) is 2.20. The molecule has 1 saturated heterocycles. The standard InChI is InChI=1S/C18H19N3OS2/c1-12-3-4-13(2)21(12)18-19-15-6-5-14(11-16(15)24-18)17(22)20-7-9-23-10-8-20/h3-6,11H,7-10H2,1-2H3. The number of benzene rings is 1. The SMILES string of the molecule is Cc1ccc(C)n1-c1nc2ccc(C(=O)N3CCSCC3)cc2s1. The summed E-state index contributed by atoms with van der Waals surface area (Å²) in [6, 6.07) is 10.1. The summed E-state index contributed by atoms with van der Waals surface area (Å²) in [4.78, 5) is 19.4. The van der Waals surface area contributed by atoms with E-state index in [1.54, 1.807) is 11.3 Å². The number of hydrogen-bond acceptors (Lipinski definition) is 4. The van der Waals surface area contributed by atoms with E-state index in [9.17, 15) is 4.79 Å². The van der Waals surface area contributed by atoms with E-state index in [0.717, 1.165) is 45.5 Å². The van der Waals surface area contributed by atoms with Crippen LogP contribution in [0.15, 0.2) is 30.3 Å². The first-order valence-electron chi connectivity index (χ1n) is 8.06. The molecule has 24 heavy (non-hydrogen) atoms. The Bertz CT molecular complexity index is 887. The number of aromatic nitrogens is 2. The van der Waals surface area contributed by atoms with Crippen molar-refractivity contribution in [1.29, 1.82) is 0 Å². The van der Waals surface area contributed by atoms with Gasteiger partial charge in [0.2, 0.25) is 0 Å². The van der Waals surface area contributed by atoms with E-state index < -0.39 is 0 Å². The van der Waals surface area contributed by atoms with Gasteiger partial charge < -0.3 is 4.90 Å². The first-order chi connectivity index (χ1) is 11.6. The zero-order valence-corrected chi connectivity index (χ0v) is 15.4. The summed E-state index contributed by atoms with van der Waals surface area (Å²) in [6.45, 7) is 5.86. The molecular formula is C18H19N3OS2. The Morgan fingerprint density at radius 2 is 1.79 bits per heavy atom. The Morgan fingerprint density at radius 1 is 1.08 bits per heavy atom. The second-order valence-corrected chi connectivity index (χ2v) is 8.27. The molecule has 1 aromatic carbocycles. The summed E-state index contributed by atoms with van der Waals surface area (Å²) in [5.41, 5.74) is 4.07.